The van der Waals surface area contributed by atoms with Crippen molar-refractivity contribution in [3.05, 3.63) is 0 Å². The average Bonchev–Trinajstić information content (AvgIpc) is 3.16. The van der Waals surface area contributed by atoms with Crippen LogP contribution in [0.3, 0.4) is 0 Å². The molecule has 3 heteroatoms. The molecule has 0 spiro atoms. The first-order valence-electron chi connectivity index (χ1n) is 10.0. The van der Waals surface area contributed by atoms with E-state index in [0.29, 0.717) is 6.10 Å². The average molecular weight is 433 g/mol. The Balaban J connectivity index is 2.72. The molecule has 0 saturated carbocycles. The molecule has 1 saturated heterocycles. The van der Waals surface area contributed by atoms with Gasteiger partial charge < -0.3 is 0 Å². The molecule has 1 unspecified atom stereocenters. The van der Waals surface area contributed by atoms with Gasteiger partial charge in [0.05, 0.1) is 0 Å². The quantitative estimate of drug-likeness (QED) is 0.243. The molecule has 0 radical (unpaired) electrons. The summed E-state index contributed by atoms with van der Waals surface area (Å²) in [6, 6.07) is 0. The van der Waals surface area contributed by atoms with Gasteiger partial charge in [-0.1, -0.05) is 0 Å². The van der Waals surface area contributed by atoms with Gasteiger partial charge in [0.2, 0.25) is 0 Å². The summed E-state index contributed by atoms with van der Waals surface area (Å²) in [6.07, 6.45) is 8.40. The van der Waals surface area contributed by atoms with Crippen LogP contribution in [0.4, 0.5) is 0 Å². The van der Waals surface area contributed by atoms with Gasteiger partial charge in [-0.2, -0.15) is 0 Å². The summed E-state index contributed by atoms with van der Waals surface area (Å²) in [7, 11) is 0. The third kappa shape index (κ3) is 6.85. The minimum atomic E-state index is -2.45. The standard InChI is InChI=1S/C8H15O2.3C4H9.Sn/c1-7(2,5-9)6-8(3,4)10-6;3*1-3-4-2;/h6H,5H2,1-4H3;3*1,3-4H2,2H3;/q-1;;;;+1. The summed E-state index contributed by atoms with van der Waals surface area (Å²) < 4.78 is 17.1. The monoisotopic (exact) mass is 434 g/mol. The first kappa shape index (κ1) is 21.8. The van der Waals surface area contributed by atoms with Crippen molar-refractivity contribution in [2.75, 3.05) is 6.61 Å². The maximum absolute atomic E-state index is 6.93. The van der Waals surface area contributed by atoms with Crippen LogP contribution in [0.5, 0.6) is 0 Å². The van der Waals surface area contributed by atoms with E-state index < -0.39 is 18.8 Å². The molecule has 1 rings (SSSR count). The zero-order valence-corrected chi connectivity index (χ0v) is 19.8. The second kappa shape index (κ2) is 9.43. The van der Waals surface area contributed by atoms with Gasteiger partial charge in [0.15, 0.2) is 0 Å². The Morgan fingerprint density at radius 2 is 1.30 bits per heavy atom. The number of ether oxygens (including phenoxy) is 1. The van der Waals surface area contributed by atoms with E-state index in [1.165, 1.54) is 51.8 Å². The maximum atomic E-state index is 6.93. The van der Waals surface area contributed by atoms with Gasteiger partial charge in [-0.05, 0) is 0 Å². The summed E-state index contributed by atoms with van der Waals surface area (Å²) in [4.78, 5) is 0. The first-order valence-corrected chi connectivity index (χ1v) is 17.3. The van der Waals surface area contributed by atoms with E-state index in [1.54, 1.807) is 0 Å². The van der Waals surface area contributed by atoms with Crippen LogP contribution in [0.25, 0.3) is 0 Å². The fourth-order valence-corrected chi connectivity index (χ4v) is 17.7. The van der Waals surface area contributed by atoms with Gasteiger partial charge in [0.25, 0.3) is 0 Å². The van der Waals surface area contributed by atoms with E-state index in [9.17, 15) is 0 Å². The molecule has 0 aliphatic carbocycles. The van der Waals surface area contributed by atoms with Crippen LogP contribution in [0.1, 0.15) is 87.0 Å². The fraction of sp³-hybridized carbons (Fsp3) is 1.00. The van der Waals surface area contributed by atoms with Crippen molar-refractivity contribution < 1.29 is 7.81 Å². The topological polar surface area (TPSA) is 21.8 Å². The molecule has 1 atom stereocenters. The predicted molar refractivity (Wildman–Crippen MR) is 104 cm³/mol. The predicted octanol–water partition coefficient (Wildman–Crippen LogP) is 6.55. The molecule has 0 aromatic rings. The van der Waals surface area contributed by atoms with Crippen LogP contribution in [0, 0.1) is 5.41 Å². The minimum absolute atomic E-state index is 0.0568. The van der Waals surface area contributed by atoms with E-state index >= 15 is 0 Å². The second-order valence-corrected chi connectivity index (χ2v) is 20.7. The van der Waals surface area contributed by atoms with E-state index in [1.807, 2.05) is 0 Å². The van der Waals surface area contributed by atoms with Crippen LogP contribution >= 0.6 is 0 Å². The Labute approximate surface area is 150 Å². The zero-order chi connectivity index (χ0) is 17.6. The molecule has 2 nitrogen and oxygen atoms in total. The number of unbranched alkanes of at least 4 members (excludes halogenated alkanes) is 3. The molecule has 1 fully saturated rings. The van der Waals surface area contributed by atoms with E-state index in [2.05, 4.69) is 48.5 Å². The summed E-state index contributed by atoms with van der Waals surface area (Å²) in [5.41, 5.74) is 0.206. The van der Waals surface area contributed by atoms with Crippen LogP contribution in [-0.4, -0.2) is 37.1 Å². The molecule has 0 bridgehead atoms. The van der Waals surface area contributed by atoms with Crippen LogP contribution in [0.15, 0.2) is 0 Å². The van der Waals surface area contributed by atoms with E-state index in [4.69, 9.17) is 7.81 Å². The molecular weight excluding hydrogens is 391 g/mol. The van der Waals surface area contributed by atoms with Gasteiger partial charge >= 0.3 is 151 Å². The summed E-state index contributed by atoms with van der Waals surface area (Å²) in [5, 5.41) is 0. The third-order valence-electron chi connectivity index (χ3n) is 5.41. The summed E-state index contributed by atoms with van der Waals surface area (Å²) in [6.45, 7) is 17.0. The molecule has 1 aliphatic rings. The first-order chi connectivity index (χ1) is 10.7. The van der Waals surface area contributed by atoms with Gasteiger partial charge in [0.1, 0.15) is 0 Å². The number of hydrogen-bond acceptors (Lipinski definition) is 2. The van der Waals surface area contributed by atoms with Gasteiger partial charge in [0, 0.05) is 0 Å². The van der Waals surface area contributed by atoms with Gasteiger partial charge in [-0.3, -0.25) is 0 Å². The molecule has 23 heavy (non-hydrogen) atoms. The van der Waals surface area contributed by atoms with Gasteiger partial charge in [-0.25, -0.2) is 0 Å². The normalized spacial score (nSPS) is 20.7. The molecule has 0 aromatic heterocycles. The SMILES string of the molecule is CCC[CH2][Sn]([CH2]CCC)([CH2]CCC)[O]CC(C)(C)C1OC1(C)C. The molecule has 0 amide bonds. The van der Waals surface area contributed by atoms with E-state index in [0.717, 1.165) is 6.61 Å². The van der Waals surface area contributed by atoms with Crippen molar-refractivity contribution in [1.82, 2.24) is 0 Å². The number of hydrogen-bond donors (Lipinski definition) is 0. The molecule has 0 N–H and O–H groups in total. The third-order valence-corrected chi connectivity index (χ3v) is 18.4. The Morgan fingerprint density at radius 3 is 1.61 bits per heavy atom. The number of rotatable bonds is 13. The Bertz CT molecular complexity index is 317. The van der Waals surface area contributed by atoms with Crippen molar-refractivity contribution in [2.45, 2.75) is 112 Å². The van der Waals surface area contributed by atoms with Crippen molar-refractivity contribution in [2.24, 2.45) is 5.41 Å². The Morgan fingerprint density at radius 1 is 0.913 bits per heavy atom. The summed E-state index contributed by atoms with van der Waals surface area (Å²) >= 11 is -2.45. The summed E-state index contributed by atoms with van der Waals surface area (Å²) in [5.74, 6) is 0. The van der Waals surface area contributed by atoms with Crippen molar-refractivity contribution in [3.63, 3.8) is 0 Å². The Hall–Kier alpha value is 0.719. The van der Waals surface area contributed by atoms with Crippen molar-refractivity contribution >= 4 is 18.8 Å². The van der Waals surface area contributed by atoms with Crippen LogP contribution < -0.4 is 0 Å². The molecule has 138 valence electrons. The van der Waals surface area contributed by atoms with E-state index in [-0.39, 0.29) is 11.0 Å². The Kier molecular flexibility index (Phi) is 8.92. The van der Waals surface area contributed by atoms with Crippen LogP contribution in [-0.2, 0) is 7.81 Å². The molecule has 1 aliphatic heterocycles. The van der Waals surface area contributed by atoms with Crippen molar-refractivity contribution in [1.29, 1.82) is 0 Å². The fourth-order valence-electron chi connectivity index (χ4n) is 3.87. The van der Waals surface area contributed by atoms with Crippen molar-refractivity contribution in [3.8, 4) is 0 Å². The van der Waals surface area contributed by atoms with Crippen LogP contribution in [0.2, 0.25) is 13.3 Å². The second-order valence-electron chi connectivity index (χ2n) is 8.87. The molecular formula is C20H42O2Sn. The molecule has 0 aromatic carbocycles. The zero-order valence-electron chi connectivity index (χ0n) is 17.0. The van der Waals surface area contributed by atoms with Gasteiger partial charge in [-0.15, -0.1) is 0 Å². The molecule has 1 heterocycles. The number of epoxide rings is 1.